The molecule has 552 valence electrons. The SMILES string of the molecule is COc1cccc2c1C(=O)c1c(O)c3c(c(O)c1C2=O)C[C@@](O)(C(=O)CO)C[C@@H]3O[C@H]1C[C@H](NC(=O)CCC(=O)NCCCC[C@@H](NC(=O)C(Cc2ccc(OP(=O)(O)O)cc2)NC(=O)OC2CCC3(C)C(=CCC4[C@@H]3CC[C@@]3(C)C([C@H](C)CCCC(C)C)CC[C@@H]43)C2)C(=O)O)[C@H](O)[C@H](C)O1. The lowest BCUT2D eigenvalue weighted by Crippen LogP contribution is -2.56. The zero-order valence-electron chi connectivity index (χ0n) is 58.5. The van der Waals surface area contributed by atoms with Crippen LogP contribution in [0.5, 0.6) is 23.0 Å². The van der Waals surface area contributed by atoms with Gasteiger partial charge in [-0.25, -0.2) is 14.2 Å². The van der Waals surface area contributed by atoms with Crippen LogP contribution in [0.2, 0.25) is 0 Å². The van der Waals surface area contributed by atoms with Crippen LogP contribution in [0.3, 0.4) is 0 Å². The van der Waals surface area contributed by atoms with Crippen molar-refractivity contribution in [3.05, 3.63) is 93.1 Å². The minimum atomic E-state index is -4.90. The molecular formula is C74H99N4O22P. The van der Waals surface area contributed by atoms with E-state index < -0.39 is 151 Å². The van der Waals surface area contributed by atoms with Gasteiger partial charge in [0.05, 0.1) is 42.0 Å². The molecule has 6 aliphatic carbocycles. The number of alkyl carbamates (subject to hydrolysis) is 1. The lowest BCUT2D eigenvalue weighted by Gasteiger charge is -2.58. The molecule has 4 fully saturated rings. The fourth-order valence-corrected chi connectivity index (χ4v) is 18.4. The van der Waals surface area contributed by atoms with Crippen molar-refractivity contribution in [1.82, 2.24) is 21.3 Å². The van der Waals surface area contributed by atoms with Crippen LogP contribution in [0, 0.1) is 46.3 Å². The Balaban J connectivity index is 0.709. The van der Waals surface area contributed by atoms with Gasteiger partial charge >= 0.3 is 19.9 Å². The summed E-state index contributed by atoms with van der Waals surface area (Å²) in [6.07, 6.45) is 5.45. The van der Waals surface area contributed by atoms with Gasteiger partial charge in [0.2, 0.25) is 23.5 Å². The molecule has 16 atom stereocenters. The van der Waals surface area contributed by atoms with Crippen LogP contribution in [0.1, 0.15) is 212 Å². The summed E-state index contributed by atoms with van der Waals surface area (Å²) in [7, 11) is -3.62. The van der Waals surface area contributed by atoms with E-state index in [-0.39, 0.29) is 90.7 Å². The second kappa shape index (κ2) is 31.4. The van der Waals surface area contributed by atoms with Crippen molar-refractivity contribution in [2.75, 3.05) is 20.3 Å². The first-order valence-electron chi connectivity index (χ1n) is 35.6. The average Bonchev–Trinajstić information content (AvgIpc) is 0.963. The predicted molar refractivity (Wildman–Crippen MR) is 364 cm³/mol. The number of ketones is 3. The van der Waals surface area contributed by atoms with Crippen LogP contribution < -0.4 is 30.5 Å². The minimum Gasteiger partial charge on any atom is -0.507 e. The molecule has 10 rings (SSSR count). The summed E-state index contributed by atoms with van der Waals surface area (Å²) in [5, 5.41) is 77.4. The molecule has 3 aromatic rings. The number of unbranched alkanes of at least 4 members (excludes halogenated alkanes) is 1. The van der Waals surface area contributed by atoms with Crippen LogP contribution in [0.4, 0.5) is 4.79 Å². The Labute approximate surface area is 587 Å². The highest BCUT2D eigenvalue weighted by molar-refractivity contribution is 7.46. The number of carbonyl (C=O) groups is 8. The largest absolute Gasteiger partial charge is 0.524 e. The Morgan fingerprint density at radius 1 is 0.822 bits per heavy atom. The molecule has 0 radical (unpaired) electrons. The number of aliphatic hydroxyl groups excluding tert-OH is 2. The van der Waals surface area contributed by atoms with Gasteiger partial charge in [0.25, 0.3) is 0 Å². The van der Waals surface area contributed by atoms with Crippen molar-refractivity contribution in [2.45, 2.75) is 224 Å². The molecule has 0 spiro atoms. The molecule has 3 aromatic carbocycles. The molecule has 7 aliphatic rings. The smallest absolute Gasteiger partial charge is 0.507 e. The van der Waals surface area contributed by atoms with Gasteiger partial charge in [0, 0.05) is 68.2 Å². The van der Waals surface area contributed by atoms with Crippen LogP contribution in [0.15, 0.2) is 54.1 Å². The number of methoxy groups -OCH3 is 1. The second-order valence-electron chi connectivity index (χ2n) is 30.1. The number of aliphatic carboxylic acids is 1. The van der Waals surface area contributed by atoms with Gasteiger partial charge < -0.3 is 75.4 Å². The van der Waals surface area contributed by atoms with Crippen molar-refractivity contribution >= 4 is 55.0 Å². The van der Waals surface area contributed by atoms with E-state index >= 15 is 0 Å². The van der Waals surface area contributed by atoms with Crippen LogP contribution in [-0.4, -0.2) is 156 Å². The van der Waals surface area contributed by atoms with E-state index in [1.54, 1.807) is 0 Å². The molecule has 12 N–H and O–H groups in total. The lowest BCUT2D eigenvalue weighted by molar-refractivity contribution is -0.249. The molecular weight excluding hydrogens is 1330 g/mol. The number of amides is 4. The number of hydrogen-bond donors (Lipinski definition) is 12. The number of benzene rings is 3. The first-order chi connectivity index (χ1) is 47.8. The topological polar surface area (TPSA) is 410 Å². The highest BCUT2D eigenvalue weighted by atomic mass is 31.2. The van der Waals surface area contributed by atoms with Crippen molar-refractivity contribution in [3.63, 3.8) is 0 Å². The highest BCUT2D eigenvalue weighted by Crippen LogP contribution is 2.68. The minimum absolute atomic E-state index is 0.0147. The van der Waals surface area contributed by atoms with Gasteiger partial charge in [0.1, 0.15) is 59.5 Å². The molecule has 3 saturated carbocycles. The number of nitrogens with one attached hydrogen (secondary N) is 4. The van der Waals surface area contributed by atoms with Gasteiger partial charge in [-0.1, -0.05) is 89.8 Å². The number of aromatic hydroxyl groups is 2. The number of Topliss-reactive ketones (excluding diaryl/α,β-unsaturated/α-hetero) is 1. The standard InChI is InChI=1S/C74H99N4O22P/c1-38(2)12-10-13-39(3)48-23-24-49-45-22-19-42-33-44(27-29-72(42,5)50(45)28-30-73(48,49)6)98-71(91)78-53(32-41-17-20-43(21-18-41)100-101(93,94)95)69(88)77-51(70(89)90)15-8-9-31-75-57(81)25-26-58(82)76-52-34-59(97-40(4)64(52)83)99-55-36-74(92,56(80)37-79)35-47-61(55)68(87)63-62(66(47)85)65(84)46-14-11-16-54(96-7)60(46)67(63)86/h11,14,16-21,38-40,44-45,48-53,55,59,64,79,83,85,87,92H,8-10,12-13,15,22-37H2,1-7H3,(H,75,81)(H,76,82)(H,77,88)(H,78,91)(H,89,90)(H2,93,94,95)/t39-,40+,44?,45?,48?,49+,50+,51-,52+,53?,55+,59+,64-,72?,73+,74+/m1/s1. The second-order valence-corrected chi connectivity index (χ2v) is 31.3. The summed E-state index contributed by atoms with van der Waals surface area (Å²) < 4.78 is 39.9. The maximum absolute atomic E-state index is 14.2. The first kappa shape index (κ1) is 76.4. The van der Waals surface area contributed by atoms with Gasteiger partial charge in [-0.05, 0) is 141 Å². The molecule has 1 heterocycles. The van der Waals surface area contributed by atoms with E-state index in [1.165, 1.54) is 107 Å². The number of carbonyl (C=O) groups excluding carboxylic acids is 7. The van der Waals surface area contributed by atoms with Gasteiger partial charge in [0.15, 0.2) is 17.9 Å². The zero-order chi connectivity index (χ0) is 73.2. The summed E-state index contributed by atoms with van der Waals surface area (Å²) in [6.45, 7) is 12.4. The number of aliphatic hydroxyl groups is 3. The Kier molecular flexibility index (Phi) is 23.7. The maximum atomic E-state index is 14.2. The monoisotopic (exact) mass is 1430 g/mol. The molecule has 26 nitrogen and oxygen atoms in total. The fourth-order valence-electron chi connectivity index (χ4n) is 18.0. The van der Waals surface area contributed by atoms with Crippen molar-refractivity contribution in [3.8, 4) is 23.0 Å². The summed E-state index contributed by atoms with van der Waals surface area (Å²) in [5.74, 6) is -3.98. The average molecular weight is 1430 g/mol. The first-order valence-corrected chi connectivity index (χ1v) is 37.1. The quantitative estimate of drug-likeness (QED) is 0.0111. The van der Waals surface area contributed by atoms with Crippen LogP contribution in [0.25, 0.3) is 0 Å². The Morgan fingerprint density at radius 2 is 1.54 bits per heavy atom. The number of carboxylic acid groups (broad SMARTS) is 1. The van der Waals surface area contributed by atoms with E-state index in [1.807, 2.05) is 0 Å². The molecule has 0 aromatic heterocycles. The fraction of sp³-hybridized carbons (Fsp3) is 0.622. The molecule has 1 aliphatic heterocycles. The van der Waals surface area contributed by atoms with E-state index in [9.17, 15) is 83.3 Å². The number of allylic oxidation sites excluding steroid dienone is 1. The highest BCUT2D eigenvalue weighted by Gasteiger charge is 2.60. The summed E-state index contributed by atoms with van der Waals surface area (Å²) >= 11 is 0. The maximum Gasteiger partial charge on any atom is 0.524 e. The summed E-state index contributed by atoms with van der Waals surface area (Å²) in [5.41, 5.74) is -2.43. The number of carboxylic acids is 1. The van der Waals surface area contributed by atoms with Crippen LogP contribution in [-0.2, 0) is 55.6 Å². The molecule has 1 saturated heterocycles. The molecule has 101 heavy (non-hydrogen) atoms. The molecule has 4 amide bonds. The van der Waals surface area contributed by atoms with E-state index in [2.05, 4.69) is 66.5 Å². The number of rotatable bonds is 28. The Bertz CT molecular complexity index is 3720. The number of fused-ring (bicyclic) bond motifs is 8. The Hall–Kier alpha value is -7.29. The number of ether oxygens (including phenoxy) is 4. The summed E-state index contributed by atoms with van der Waals surface area (Å²) in [6, 6.07) is 5.81. The molecule has 27 heteroatoms. The zero-order valence-corrected chi connectivity index (χ0v) is 59.4. The van der Waals surface area contributed by atoms with E-state index in [4.69, 9.17) is 18.9 Å². The predicted octanol–water partition coefficient (Wildman–Crippen LogP) is 8.01. The van der Waals surface area contributed by atoms with Gasteiger partial charge in [-0.15, -0.1) is 0 Å². The number of phenolic OH excluding ortho intramolecular Hbond substituents is 2. The van der Waals surface area contributed by atoms with Gasteiger partial charge in [-0.2, -0.15) is 0 Å². The molecule has 0 bridgehead atoms. The van der Waals surface area contributed by atoms with E-state index in [0.717, 1.165) is 18.8 Å². The number of phosphoric acid groups is 1. The number of hydrogen-bond acceptors (Lipinski definition) is 19. The number of phenols is 2. The Morgan fingerprint density at radius 3 is 2.24 bits per heavy atom. The third kappa shape index (κ3) is 16.5. The van der Waals surface area contributed by atoms with Crippen molar-refractivity contribution in [1.29, 1.82) is 0 Å². The van der Waals surface area contributed by atoms with E-state index in [0.29, 0.717) is 53.4 Å². The van der Waals surface area contributed by atoms with Crippen molar-refractivity contribution in [2.24, 2.45) is 46.3 Å². The van der Waals surface area contributed by atoms with Crippen LogP contribution >= 0.6 is 7.82 Å². The third-order valence-electron chi connectivity index (χ3n) is 23.3. The lowest BCUT2D eigenvalue weighted by atomic mass is 9.47. The molecule has 5 unspecified atom stereocenters. The third-order valence-corrected chi connectivity index (χ3v) is 23.7. The number of phosphoric ester groups is 1. The van der Waals surface area contributed by atoms with Gasteiger partial charge in [-0.3, -0.25) is 38.6 Å². The summed E-state index contributed by atoms with van der Waals surface area (Å²) in [4.78, 5) is 127. The van der Waals surface area contributed by atoms with Crippen molar-refractivity contribution < 1.29 is 107 Å². The normalized spacial score (nSPS) is 29.0.